The van der Waals surface area contributed by atoms with Crippen LogP contribution in [-0.4, -0.2) is 15.5 Å². The van der Waals surface area contributed by atoms with E-state index in [1.54, 1.807) is 6.07 Å². The molecule has 1 heterocycles. The van der Waals surface area contributed by atoms with Crippen molar-refractivity contribution in [2.75, 3.05) is 0 Å². The van der Waals surface area contributed by atoms with Crippen molar-refractivity contribution in [2.24, 2.45) is 5.73 Å². The highest BCUT2D eigenvalue weighted by atomic mass is 35.5. The Morgan fingerprint density at radius 3 is 2.89 bits per heavy atom. The van der Waals surface area contributed by atoms with E-state index in [4.69, 9.17) is 28.9 Å². The Balaban J connectivity index is 2.33. The van der Waals surface area contributed by atoms with E-state index in [2.05, 4.69) is 4.98 Å². The van der Waals surface area contributed by atoms with Crippen molar-refractivity contribution < 1.29 is 4.79 Å². The van der Waals surface area contributed by atoms with Gasteiger partial charge in [0.15, 0.2) is 0 Å². The Labute approximate surface area is 115 Å². The zero-order valence-corrected chi connectivity index (χ0v) is 11.2. The quantitative estimate of drug-likeness (QED) is 0.859. The third kappa shape index (κ3) is 2.76. The van der Waals surface area contributed by atoms with Crippen LogP contribution in [0.15, 0.2) is 18.2 Å². The second-order valence-corrected chi connectivity index (χ2v) is 4.72. The van der Waals surface area contributed by atoms with Crippen molar-refractivity contribution in [3.05, 3.63) is 29.0 Å². The molecule has 0 aliphatic rings. The van der Waals surface area contributed by atoms with Crippen molar-refractivity contribution in [3.8, 4) is 0 Å². The molecular formula is C12H13Cl2N3O. The van der Waals surface area contributed by atoms with Crippen molar-refractivity contribution in [3.63, 3.8) is 0 Å². The molecule has 0 atom stereocenters. The maximum atomic E-state index is 10.8. The van der Waals surface area contributed by atoms with Gasteiger partial charge in [0, 0.05) is 18.0 Å². The first kappa shape index (κ1) is 13.2. The van der Waals surface area contributed by atoms with E-state index >= 15 is 0 Å². The van der Waals surface area contributed by atoms with Crippen LogP contribution in [0.25, 0.3) is 11.0 Å². The molecule has 2 N–H and O–H groups in total. The highest BCUT2D eigenvalue weighted by Gasteiger charge is 2.10. The number of aryl methyl sites for hydroxylation is 1. The lowest BCUT2D eigenvalue weighted by Gasteiger charge is -2.06. The SMILES string of the molecule is NC(=O)CCCn1c(CCl)nc2ccc(Cl)cc21. The number of primary amides is 1. The molecule has 2 aromatic rings. The predicted octanol–water partition coefficient (Wildman–Crippen LogP) is 2.69. The van der Waals surface area contributed by atoms with Gasteiger partial charge >= 0.3 is 0 Å². The molecule has 4 nitrogen and oxygen atoms in total. The minimum atomic E-state index is -0.301. The number of rotatable bonds is 5. The van der Waals surface area contributed by atoms with Gasteiger partial charge in [-0.25, -0.2) is 4.98 Å². The zero-order chi connectivity index (χ0) is 13.1. The monoisotopic (exact) mass is 285 g/mol. The fourth-order valence-corrected chi connectivity index (χ4v) is 2.28. The first-order valence-corrected chi connectivity index (χ1v) is 6.52. The van der Waals surface area contributed by atoms with Crippen LogP contribution in [-0.2, 0) is 17.2 Å². The van der Waals surface area contributed by atoms with Gasteiger partial charge in [-0.2, -0.15) is 0 Å². The summed E-state index contributed by atoms with van der Waals surface area (Å²) in [6, 6.07) is 5.51. The summed E-state index contributed by atoms with van der Waals surface area (Å²) in [6.45, 7) is 0.655. The molecule has 0 saturated heterocycles. The summed E-state index contributed by atoms with van der Waals surface area (Å²) in [5, 5.41) is 0.652. The summed E-state index contributed by atoms with van der Waals surface area (Å²) < 4.78 is 1.98. The van der Waals surface area contributed by atoms with E-state index in [-0.39, 0.29) is 5.91 Å². The number of nitrogens with zero attached hydrogens (tertiary/aromatic N) is 2. The van der Waals surface area contributed by atoms with Gasteiger partial charge in [0.2, 0.25) is 5.91 Å². The van der Waals surface area contributed by atoms with Gasteiger partial charge in [0.25, 0.3) is 0 Å². The Bertz CT molecular complexity index is 580. The smallest absolute Gasteiger partial charge is 0.217 e. The molecule has 0 radical (unpaired) electrons. The minimum absolute atomic E-state index is 0.301. The summed E-state index contributed by atoms with van der Waals surface area (Å²) >= 11 is 11.9. The Morgan fingerprint density at radius 1 is 1.44 bits per heavy atom. The summed E-state index contributed by atoms with van der Waals surface area (Å²) in [7, 11) is 0. The Morgan fingerprint density at radius 2 is 2.22 bits per heavy atom. The molecule has 0 fully saturated rings. The summed E-state index contributed by atoms with van der Waals surface area (Å²) in [4.78, 5) is 15.2. The maximum Gasteiger partial charge on any atom is 0.217 e. The van der Waals surface area contributed by atoms with Crippen LogP contribution in [0.5, 0.6) is 0 Å². The number of carbonyl (C=O) groups excluding carboxylic acids is 1. The number of hydrogen-bond donors (Lipinski definition) is 1. The molecule has 0 aliphatic carbocycles. The average Bonchev–Trinajstić information content (AvgIpc) is 2.66. The fraction of sp³-hybridized carbons (Fsp3) is 0.333. The molecule has 2 rings (SSSR count). The highest BCUT2D eigenvalue weighted by molar-refractivity contribution is 6.31. The molecular weight excluding hydrogens is 273 g/mol. The predicted molar refractivity (Wildman–Crippen MR) is 72.7 cm³/mol. The molecule has 0 saturated carbocycles. The van der Waals surface area contributed by atoms with Crippen molar-refractivity contribution in [1.29, 1.82) is 0 Å². The third-order valence-corrected chi connectivity index (χ3v) is 3.19. The number of carbonyl (C=O) groups is 1. The lowest BCUT2D eigenvalue weighted by atomic mass is 10.2. The van der Waals surface area contributed by atoms with Gasteiger partial charge in [0.1, 0.15) is 5.82 Å². The maximum absolute atomic E-state index is 10.8. The first-order chi connectivity index (χ1) is 8.61. The Hall–Kier alpha value is -1.26. The van der Waals surface area contributed by atoms with E-state index in [0.29, 0.717) is 30.3 Å². The highest BCUT2D eigenvalue weighted by Crippen LogP contribution is 2.22. The van der Waals surface area contributed by atoms with Crippen molar-refractivity contribution in [1.82, 2.24) is 9.55 Å². The van der Waals surface area contributed by atoms with E-state index in [1.165, 1.54) is 0 Å². The number of nitrogens with two attached hydrogens (primary N) is 1. The van der Waals surface area contributed by atoms with Crippen LogP contribution in [0, 0.1) is 0 Å². The second-order valence-electron chi connectivity index (χ2n) is 4.02. The topological polar surface area (TPSA) is 60.9 Å². The summed E-state index contributed by atoms with van der Waals surface area (Å²) in [5.41, 5.74) is 6.92. The van der Waals surface area contributed by atoms with Gasteiger partial charge in [0.05, 0.1) is 16.9 Å². The number of alkyl halides is 1. The van der Waals surface area contributed by atoms with Crippen molar-refractivity contribution in [2.45, 2.75) is 25.3 Å². The number of halogens is 2. The summed E-state index contributed by atoms with van der Waals surface area (Å²) in [5.74, 6) is 0.798. The van der Waals surface area contributed by atoms with Gasteiger partial charge in [-0.1, -0.05) is 11.6 Å². The van der Waals surface area contributed by atoms with Crippen molar-refractivity contribution >= 4 is 40.1 Å². The molecule has 0 unspecified atom stereocenters. The minimum Gasteiger partial charge on any atom is -0.370 e. The second kappa shape index (κ2) is 5.59. The zero-order valence-electron chi connectivity index (χ0n) is 9.70. The van der Waals surface area contributed by atoms with E-state index in [0.717, 1.165) is 16.9 Å². The standard InChI is InChI=1S/C12H13Cl2N3O/c13-7-12-16-9-4-3-8(14)6-10(9)17(12)5-1-2-11(15)18/h3-4,6H,1-2,5,7H2,(H2,15,18). The molecule has 18 heavy (non-hydrogen) atoms. The van der Waals surface area contributed by atoms with Gasteiger partial charge in [-0.3, -0.25) is 4.79 Å². The molecule has 0 spiro atoms. The fourth-order valence-electron chi connectivity index (χ4n) is 1.91. The summed E-state index contributed by atoms with van der Waals surface area (Å²) in [6.07, 6.45) is 1.01. The largest absolute Gasteiger partial charge is 0.370 e. The van der Waals surface area contributed by atoms with E-state index in [9.17, 15) is 4.79 Å². The van der Waals surface area contributed by atoms with Crippen LogP contribution < -0.4 is 5.73 Å². The van der Waals surface area contributed by atoms with Gasteiger partial charge in [-0.05, 0) is 24.6 Å². The number of amides is 1. The molecule has 1 aromatic carbocycles. The first-order valence-electron chi connectivity index (χ1n) is 5.60. The molecule has 0 bridgehead atoms. The lowest BCUT2D eigenvalue weighted by molar-refractivity contribution is -0.118. The van der Waals surface area contributed by atoms with Gasteiger partial charge in [-0.15, -0.1) is 11.6 Å². The molecule has 0 aliphatic heterocycles. The molecule has 6 heteroatoms. The van der Waals surface area contributed by atoms with E-state index in [1.807, 2.05) is 16.7 Å². The number of imidazole rings is 1. The van der Waals surface area contributed by atoms with Crippen LogP contribution in [0.4, 0.5) is 0 Å². The third-order valence-electron chi connectivity index (χ3n) is 2.71. The van der Waals surface area contributed by atoms with E-state index < -0.39 is 0 Å². The number of benzene rings is 1. The van der Waals surface area contributed by atoms with Gasteiger partial charge < -0.3 is 10.3 Å². The molecule has 1 aromatic heterocycles. The van der Waals surface area contributed by atoms with Crippen LogP contribution in [0.1, 0.15) is 18.7 Å². The number of fused-ring (bicyclic) bond motifs is 1. The normalized spacial score (nSPS) is 11.0. The van der Waals surface area contributed by atoms with Crippen LogP contribution >= 0.6 is 23.2 Å². The number of aromatic nitrogens is 2. The average molecular weight is 286 g/mol. The van der Waals surface area contributed by atoms with Crippen LogP contribution in [0.2, 0.25) is 5.02 Å². The molecule has 1 amide bonds. The number of hydrogen-bond acceptors (Lipinski definition) is 2. The lowest BCUT2D eigenvalue weighted by Crippen LogP contribution is -2.12. The Kier molecular flexibility index (Phi) is 4.09. The molecule has 96 valence electrons. The van der Waals surface area contributed by atoms with Crippen LogP contribution in [0.3, 0.4) is 0 Å².